The number of hydrogen-bond donors (Lipinski definition) is 0. The topological polar surface area (TPSA) is 0 Å². The first-order valence-corrected chi connectivity index (χ1v) is 10.7. The quantitative estimate of drug-likeness (QED) is 0.396. The van der Waals surface area contributed by atoms with Crippen molar-refractivity contribution in [2.24, 2.45) is 0 Å². The molecular weight excluding hydrogens is 264 g/mol. The van der Waals surface area contributed by atoms with Crippen molar-refractivity contribution in [2.45, 2.75) is 128 Å². The van der Waals surface area contributed by atoms with Crippen molar-refractivity contribution >= 4 is 0 Å². The van der Waals surface area contributed by atoms with Crippen LogP contribution in [0.4, 0.5) is 0 Å². The standard InChI is InChI=1S/C22H40/c1-2-6-10-14-18-21(17-13-9-5-1)22-19-15-11-7-3-4-8-12-16-20-22/h1-20H2. The SMILES string of the molecule is C1CCCCCC(=C2CCCCCCCCCC2)CCCC1. The van der Waals surface area contributed by atoms with Crippen LogP contribution in [0.1, 0.15) is 128 Å². The van der Waals surface area contributed by atoms with Crippen LogP contribution in [0.3, 0.4) is 0 Å². The molecule has 0 heteroatoms. The fourth-order valence-corrected chi connectivity index (χ4v) is 4.43. The smallest absolute Gasteiger partial charge is 0.0318 e. The zero-order valence-corrected chi connectivity index (χ0v) is 15.1. The van der Waals surface area contributed by atoms with Gasteiger partial charge in [-0.3, -0.25) is 0 Å². The Balaban J connectivity index is 1.94. The van der Waals surface area contributed by atoms with E-state index in [0.717, 1.165) is 0 Å². The van der Waals surface area contributed by atoms with Crippen molar-refractivity contribution < 1.29 is 0 Å². The molecule has 0 nitrogen and oxygen atoms in total. The lowest BCUT2D eigenvalue weighted by Gasteiger charge is -2.16. The second-order valence-electron chi connectivity index (χ2n) is 7.86. The highest BCUT2D eigenvalue weighted by molar-refractivity contribution is 5.15. The molecule has 2 aliphatic rings. The van der Waals surface area contributed by atoms with E-state index in [2.05, 4.69) is 0 Å². The molecule has 2 saturated carbocycles. The van der Waals surface area contributed by atoms with E-state index < -0.39 is 0 Å². The lowest BCUT2D eigenvalue weighted by molar-refractivity contribution is 0.585. The van der Waals surface area contributed by atoms with Gasteiger partial charge in [-0.1, -0.05) is 88.2 Å². The summed E-state index contributed by atoms with van der Waals surface area (Å²) >= 11 is 0. The number of allylic oxidation sites excluding steroid dienone is 2. The first kappa shape index (κ1) is 18.1. The average molecular weight is 305 g/mol. The Hall–Kier alpha value is -0.260. The first-order valence-electron chi connectivity index (χ1n) is 10.7. The molecule has 0 heterocycles. The largest absolute Gasteiger partial charge is 0.0710 e. The van der Waals surface area contributed by atoms with Crippen molar-refractivity contribution in [3.05, 3.63) is 11.1 Å². The van der Waals surface area contributed by atoms with E-state index in [1.54, 1.807) is 0 Å². The van der Waals surface area contributed by atoms with Crippen molar-refractivity contribution in [2.75, 3.05) is 0 Å². The van der Waals surface area contributed by atoms with Gasteiger partial charge in [-0.2, -0.15) is 0 Å². The molecule has 0 amide bonds. The molecule has 128 valence electrons. The lowest BCUT2D eigenvalue weighted by atomic mass is 9.90. The van der Waals surface area contributed by atoms with Crippen molar-refractivity contribution in [3.8, 4) is 0 Å². The van der Waals surface area contributed by atoms with Gasteiger partial charge in [0, 0.05) is 0 Å². The van der Waals surface area contributed by atoms with E-state index in [1.807, 2.05) is 11.1 Å². The molecule has 0 atom stereocenters. The van der Waals surface area contributed by atoms with Gasteiger partial charge in [0.05, 0.1) is 0 Å². The van der Waals surface area contributed by atoms with Gasteiger partial charge in [-0.15, -0.1) is 0 Å². The predicted molar refractivity (Wildman–Crippen MR) is 99.4 cm³/mol. The molecule has 0 aromatic carbocycles. The molecule has 22 heavy (non-hydrogen) atoms. The Bertz CT molecular complexity index is 241. The molecule has 0 bridgehead atoms. The number of rotatable bonds is 0. The monoisotopic (exact) mass is 304 g/mol. The van der Waals surface area contributed by atoms with Crippen LogP contribution in [0.25, 0.3) is 0 Å². The Kier molecular flexibility index (Phi) is 10.0. The van der Waals surface area contributed by atoms with Crippen LogP contribution in [-0.2, 0) is 0 Å². The molecular formula is C22H40. The summed E-state index contributed by atoms with van der Waals surface area (Å²) < 4.78 is 0. The van der Waals surface area contributed by atoms with Crippen LogP contribution in [0.5, 0.6) is 0 Å². The summed E-state index contributed by atoms with van der Waals surface area (Å²) in [5.74, 6) is 0. The van der Waals surface area contributed by atoms with Gasteiger partial charge in [0.1, 0.15) is 0 Å². The summed E-state index contributed by atoms with van der Waals surface area (Å²) in [6, 6.07) is 0. The van der Waals surface area contributed by atoms with E-state index in [1.165, 1.54) is 128 Å². The first-order chi connectivity index (χ1) is 11.0. The molecule has 0 aliphatic heterocycles. The summed E-state index contributed by atoms with van der Waals surface area (Å²) in [6.07, 6.45) is 29.5. The van der Waals surface area contributed by atoms with Crippen molar-refractivity contribution in [3.63, 3.8) is 0 Å². The molecule has 0 N–H and O–H groups in total. The maximum Gasteiger partial charge on any atom is -0.0318 e. The molecule has 0 aromatic rings. The Labute approximate surface area is 140 Å². The average Bonchev–Trinajstić information content (AvgIpc) is 2.64. The van der Waals surface area contributed by atoms with Gasteiger partial charge >= 0.3 is 0 Å². The Morgan fingerprint density at radius 3 is 0.636 bits per heavy atom. The minimum absolute atomic E-state index is 1.44. The summed E-state index contributed by atoms with van der Waals surface area (Å²) in [7, 11) is 0. The van der Waals surface area contributed by atoms with Crippen LogP contribution >= 0.6 is 0 Å². The van der Waals surface area contributed by atoms with Gasteiger partial charge in [0.15, 0.2) is 0 Å². The highest BCUT2D eigenvalue weighted by Crippen LogP contribution is 2.29. The van der Waals surface area contributed by atoms with Crippen LogP contribution in [0.2, 0.25) is 0 Å². The normalized spacial score (nSPS) is 25.1. The Morgan fingerprint density at radius 1 is 0.227 bits per heavy atom. The third-order valence-electron chi connectivity index (χ3n) is 5.91. The van der Waals surface area contributed by atoms with Gasteiger partial charge in [-0.05, 0) is 51.4 Å². The molecule has 2 fully saturated rings. The van der Waals surface area contributed by atoms with Crippen LogP contribution < -0.4 is 0 Å². The zero-order valence-electron chi connectivity index (χ0n) is 15.1. The zero-order chi connectivity index (χ0) is 15.3. The summed E-state index contributed by atoms with van der Waals surface area (Å²) in [6.45, 7) is 0. The highest BCUT2D eigenvalue weighted by atomic mass is 14.2. The summed E-state index contributed by atoms with van der Waals surface area (Å²) in [5, 5.41) is 0. The molecule has 0 saturated heterocycles. The van der Waals surface area contributed by atoms with E-state index in [9.17, 15) is 0 Å². The molecule has 2 rings (SSSR count). The van der Waals surface area contributed by atoms with E-state index in [4.69, 9.17) is 0 Å². The van der Waals surface area contributed by atoms with Crippen LogP contribution in [0, 0.1) is 0 Å². The van der Waals surface area contributed by atoms with E-state index >= 15 is 0 Å². The Morgan fingerprint density at radius 2 is 0.409 bits per heavy atom. The van der Waals surface area contributed by atoms with Crippen LogP contribution in [0.15, 0.2) is 11.1 Å². The fraction of sp³-hybridized carbons (Fsp3) is 0.909. The molecule has 0 aromatic heterocycles. The fourth-order valence-electron chi connectivity index (χ4n) is 4.43. The maximum atomic E-state index is 1.92. The predicted octanol–water partition coefficient (Wildman–Crippen LogP) is 8.11. The highest BCUT2D eigenvalue weighted by Gasteiger charge is 2.09. The summed E-state index contributed by atoms with van der Waals surface area (Å²) in [4.78, 5) is 0. The molecule has 0 unspecified atom stereocenters. The van der Waals surface area contributed by atoms with Gasteiger partial charge in [0.25, 0.3) is 0 Å². The minimum atomic E-state index is 1.44. The second-order valence-corrected chi connectivity index (χ2v) is 7.86. The van der Waals surface area contributed by atoms with Gasteiger partial charge in [-0.25, -0.2) is 0 Å². The van der Waals surface area contributed by atoms with Crippen molar-refractivity contribution in [1.82, 2.24) is 0 Å². The van der Waals surface area contributed by atoms with Gasteiger partial charge < -0.3 is 0 Å². The molecule has 0 radical (unpaired) electrons. The summed E-state index contributed by atoms with van der Waals surface area (Å²) in [5.41, 5.74) is 3.84. The molecule has 0 spiro atoms. The van der Waals surface area contributed by atoms with Crippen LogP contribution in [-0.4, -0.2) is 0 Å². The second kappa shape index (κ2) is 12.2. The lowest BCUT2D eigenvalue weighted by Crippen LogP contribution is -1.96. The molecule has 2 aliphatic carbocycles. The minimum Gasteiger partial charge on any atom is -0.0710 e. The third kappa shape index (κ3) is 7.84. The maximum absolute atomic E-state index is 1.92. The number of hydrogen-bond acceptors (Lipinski definition) is 0. The van der Waals surface area contributed by atoms with E-state index in [0.29, 0.717) is 0 Å². The van der Waals surface area contributed by atoms with Crippen molar-refractivity contribution in [1.29, 1.82) is 0 Å². The van der Waals surface area contributed by atoms with Gasteiger partial charge in [0.2, 0.25) is 0 Å². The van der Waals surface area contributed by atoms with E-state index in [-0.39, 0.29) is 0 Å². The third-order valence-corrected chi connectivity index (χ3v) is 5.91.